The molecule has 0 spiro atoms. The van der Waals surface area contributed by atoms with Gasteiger partial charge in [-0.05, 0) is 30.4 Å². The molecular weight excluding hydrogens is 340 g/mol. The number of thioether (sulfide) groups is 2. The number of hydrogen-bond donors (Lipinski definition) is 0. The van der Waals surface area contributed by atoms with E-state index in [2.05, 4.69) is 40.3 Å². The van der Waals surface area contributed by atoms with E-state index >= 15 is 0 Å². The van der Waals surface area contributed by atoms with E-state index in [9.17, 15) is 4.79 Å². The standard InChI is InChI=1S/C18H26N2O2S2/c1-23-16-5-3-15(4-6-16)18-20(17(21)7-14-24-18)9-2-8-19-10-12-22-13-11-19/h3-6,18H,2,7-14H2,1H3. The van der Waals surface area contributed by atoms with Crippen molar-refractivity contribution >= 4 is 29.4 Å². The van der Waals surface area contributed by atoms with E-state index in [1.807, 2.05) is 11.8 Å². The number of carbonyl (C=O) groups excluding carboxylic acids is 1. The highest BCUT2D eigenvalue weighted by Gasteiger charge is 2.29. The Morgan fingerprint density at radius 1 is 1.21 bits per heavy atom. The minimum absolute atomic E-state index is 0.173. The summed E-state index contributed by atoms with van der Waals surface area (Å²) in [5.74, 6) is 1.22. The molecule has 0 aliphatic carbocycles. The lowest BCUT2D eigenvalue weighted by Gasteiger charge is -2.36. The maximum Gasteiger partial charge on any atom is 0.224 e. The minimum Gasteiger partial charge on any atom is -0.379 e. The van der Waals surface area contributed by atoms with E-state index in [0.717, 1.165) is 51.6 Å². The molecule has 2 aliphatic heterocycles. The van der Waals surface area contributed by atoms with Crippen molar-refractivity contribution in [3.05, 3.63) is 29.8 Å². The highest BCUT2D eigenvalue weighted by molar-refractivity contribution is 7.99. The molecule has 1 amide bonds. The highest BCUT2D eigenvalue weighted by Crippen LogP contribution is 2.37. The van der Waals surface area contributed by atoms with Gasteiger partial charge in [-0.2, -0.15) is 0 Å². The minimum atomic E-state index is 0.173. The average molecular weight is 367 g/mol. The maximum absolute atomic E-state index is 12.5. The van der Waals surface area contributed by atoms with Crippen LogP contribution in [0, 0.1) is 0 Å². The molecule has 2 fully saturated rings. The summed E-state index contributed by atoms with van der Waals surface area (Å²) < 4.78 is 5.40. The first-order valence-corrected chi connectivity index (χ1v) is 10.9. The van der Waals surface area contributed by atoms with Crippen molar-refractivity contribution in [1.82, 2.24) is 9.80 Å². The second-order valence-electron chi connectivity index (χ2n) is 6.14. The fourth-order valence-corrected chi connectivity index (χ4v) is 4.87. The van der Waals surface area contributed by atoms with Gasteiger partial charge in [-0.1, -0.05) is 12.1 Å². The van der Waals surface area contributed by atoms with Crippen molar-refractivity contribution in [2.45, 2.75) is 23.1 Å². The molecule has 0 bridgehead atoms. The Hall–Kier alpha value is -0.690. The lowest BCUT2D eigenvalue weighted by molar-refractivity contribution is -0.132. The Labute approximate surface area is 153 Å². The molecule has 0 N–H and O–H groups in total. The molecule has 2 saturated heterocycles. The van der Waals surface area contributed by atoms with E-state index in [-0.39, 0.29) is 5.37 Å². The average Bonchev–Trinajstić information content (AvgIpc) is 2.64. The zero-order valence-corrected chi connectivity index (χ0v) is 15.9. The first-order chi connectivity index (χ1) is 11.8. The number of rotatable bonds is 6. The van der Waals surface area contributed by atoms with Crippen molar-refractivity contribution in [2.75, 3.05) is 51.4 Å². The van der Waals surface area contributed by atoms with Gasteiger partial charge in [-0.15, -0.1) is 23.5 Å². The molecule has 0 saturated carbocycles. The zero-order valence-electron chi connectivity index (χ0n) is 14.3. The third kappa shape index (κ3) is 4.69. The third-order valence-corrected chi connectivity index (χ3v) is 6.60. The lowest BCUT2D eigenvalue weighted by atomic mass is 10.2. The van der Waals surface area contributed by atoms with Gasteiger partial charge in [0.2, 0.25) is 5.91 Å². The van der Waals surface area contributed by atoms with Crippen molar-refractivity contribution in [2.24, 2.45) is 0 Å². The van der Waals surface area contributed by atoms with Crippen molar-refractivity contribution in [3.63, 3.8) is 0 Å². The SMILES string of the molecule is CSc1ccc(C2SCCC(=O)N2CCCN2CCOCC2)cc1. The zero-order chi connectivity index (χ0) is 16.8. The summed E-state index contributed by atoms with van der Waals surface area (Å²) in [5.41, 5.74) is 1.25. The topological polar surface area (TPSA) is 32.8 Å². The molecule has 0 aromatic heterocycles. The van der Waals surface area contributed by atoms with Crippen molar-refractivity contribution < 1.29 is 9.53 Å². The number of morpholine rings is 1. The van der Waals surface area contributed by atoms with Crippen LogP contribution in [0.2, 0.25) is 0 Å². The van der Waals surface area contributed by atoms with E-state index in [4.69, 9.17) is 4.74 Å². The summed E-state index contributed by atoms with van der Waals surface area (Å²) in [6.07, 6.45) is 3.79. The van der Waals surface area contributed by atoms with Crippen LogP contribution in [0.25, 0.3) is 0 Å². The van der Waals surface area contributed by atoms with Gasteiger partial charge in [-0.3, -0.25) is 9.69 Å². The van der Waals surface area contributed by atoms with Gasteiger partial charge >= 0.3 is 0 Å². The molecule has 1 aromatic carbocycles. The second-order valence-corrected chi connectivity index (χ2v) is 8.21. The highest BCUT2D eigenvalue weighted by atomic mass is 32.2. The number of ether oxygens (including phenoxy) is 1. The maximum atomic E-state index is 12.5. The summed E-state index contributed by atoms with van der Waals surface area (Å²) in [6.45, 7) is 5.60. The first kappa shape index (κ1) is 18.1. The molecule has 0 radical (unpaired) electrons. The number of hydrogen-bond acceptors (Lipinski definition) is 5. The van der Waals surface area contributed by atoms with Crippen LogP contribution < -0.4 is 0 Å². The molecule has 132 valence electrons. The molecule has 4 nitrogen and oxygen atoms in total. The van der Waals surface area contributed by atoms with Crippen LogP contribution >= 0.6 is 23.5 Å². The third-order valence-electron chi connectivity index (χ3n) is 4.57. The van der Waals surface area contributed by atoms with Gasteiger partial charge in [0.05, 0.1) is 13.2 Å². The van der Waals surface area contributed by atoms with Crippen LogP contribution in [-0.4, -0.2) is 67.1 Å². The fourth-order valence-electron chi connectivity index (χ4n) is 3.20. The van der Waals surface area contributed by atoms with E-state index in [1.165, 1.54) is 10.5 Å². The molecule has 2 aliphatic rings. The molecule has 6 heteroatoms. The number of benzene rings is 1. The van der Waals surface area contributed by atoms with Crippen LogP contribution in [-0.2, 0) is 9.53 Å². The van der Waals surface area contributed by atoms with Gasteiger partial charge in [0, 0.05) is 43.2 Å². The van der Waals surface area contributed by atoms with Crippen LogP contribution in [0.3, 0.4) is 0 Å². The van der Waals surface area contributed by atoms with Crippen LogP contribution in [0.15, 0.2) is 29.2 Å². The van der Waals surface area contributed by atoms with Crippen molar-refractivity contribution in [1.29, 1.82) is 0 Å². The van der Waals surface area contributed by atoms with E-state index < -0.39 is 0 Å². The Bertz CT molecular complexity index is 532. The summed E-state index contributed by atoms with van der Waals surface area (Å²) in [4.78, 5) is 18.3. The summed E-state index contributed by atoms with van der Waals surface area (Å²) in [6, 6.07) is 8.67. The molecule has 2 heterocycles. The quantitative estimate of drug-likeness (QED) is 0.723. The Morgan fingerprint density at radius 3 is 2.67 bits per heavy atom. The number of carbonyl (C=O) groups is 1. The summed E-state index contributed by atoms with van der Waals surface area (Å²) in [7, 11) is 0. The Balaban J connectivity index is 1.59. The van der Waals surface area contributed by atoms with Gasteiger partial charge in [0.1, 0.15) is 5.37 Å². The van der Waals surface area contributed by atoms with E-state index in [1.54, 1.807) is 11.8 Å². The molecule has 3 rings (SSSR count). The normalized spacial score (nSPS) is 22.8. The number of nitrogens with zero attached hydrogens (tertiary/aromatic N) is 2. The molecule has 24 heavy (non-hydrogen) atoms. The summed E-state index contributed by atoms with van der Waals surface area (Å²) in [5, 5.41) is 0.173. The molecule has 1 unspecified atom stereocenters. The first-order valence-electron chi connectivity index (χ1n) is 8.63. The number of amides is 1. The Kier molecular flexibility index (Phi) is 6.89. The molecule has 1 atom stereocenters. The van der Waals surface area contributed by atoms with Crippen LogP contribution in [0.4, 0.5) is 0 Å². The summed E-state index contributed by atoms with van der Waals surface area (Å²) >= 11 is 3.64. The molecular formula is C18H26N2O2S2. The van der Waals surface area contributed by atoms with Crippen molar-refractivity contribution in [3.8, 4) is 0 Å². The lowest BCUT2D eigenvalue weighted by Crippen LogP contribution is -2.41. The predicted octanol–water partition coefficient (Wildman–Crippen LogP) is 3.09. The van der Waals surface area contributed by atoms with Gasteiger partial charge in [0.25, 0.3) is 0 Å². The van der Waals surface area contributed by atoms with Gasteiger partial charge in [-0.25, -0.2) is 0 Å². The Morgan fingerprint density at radius 2 is 1.96 bits per heavy atom. The molecule has 1 aromatic rings. The van der Waals surface area contributed by atoms with E-state index in [0.29, 0.717) is 12.3 Å². The van der Waals surface area contributed by atoms with Crippen LogP contribution in [0.5, 0.6) is 0 Å². The van der Waals surface area contributed by atoms with Crippen LogP contribution in [0.1, 0.15) is 23.8 Å². The smallest absolute Gasteiger partial charge is 0.224 e. The predicted molar refractivity (Wildman–Crippen MR) is 102 cm³/mol. The monoisotopic (exact) mass is 366 g/mol. The fraction of sp³-hybridized carbons (Fsp3) is 0.611. The van der Waals surface area contributed by atoms with Gasteiger partial charge < -0.3 is 9.64 Å². The second kappa shape index (κ2) is 9.13. The van der Waals surface area contributed by atoms with Gasteiger partial charge in [0.15, 0.2) is 0 Å². The largest absolute Gasteiger partial charge is 0.379 e.